The predicted octanol–water partition coefficient (Wildman–Crippen LogP) is 1.60. The standard InChI is InChI=1S/C11H11N5O3S/c1-7-12-13-11(20-2)15(7)14-10(17)8-3-5-9(6-4-8)16(18)19/h3-6H,1-2H3,(H,14,17). The Hall–Kier alpha value is -2.42. The maximum Gasteiger partial charge on any atom is 0.270 e. The predicted molar refractivity (Wildman–Crippen MR) is 73.3 cm³/mol. The molecular formula is C11H11N5O3S. The van der Waals surface area contributed by atoms with Gasteiger partial charge in [-0.3, -0.25) is 20.3 Å². The number of hydrogen-bond acceptors (Lipinski definition) is 6. The van der Waals surface area contributed by atoms with Crippen molar-refractivity contribution in [2.75, 3.05) is 11.7 Å². The summed E-state index contributed by atoms with van der Waals surface area (Å²) in [5.41, 5.74) is 2.89. The largest absolute Gasteiger partial charge is 0.270 e. The molecule has 2 rings (SSSR count). The molecular weight excluding hydrogens is 282 g/mol. The second kappa shape index (κ2) is 5.70. The molecule has 0 fully saturated rings. The van der Waals surface area contributed by atoms with E-state index in [4.69, 9.17) is 0 Å². The number of hydrogen-bond donors (Lipinski definition) is 1. The molecule has 1 heterocycles. The number of benzene rings is 1. The van der Waals surface area contributed by atoms with Gasteiger partial charge in [0.15, 0.2) is 0 Å². The zero-order chi connectivity index (χ0) is 14.7. The van der Waals surface area contributed by atoms with Gasteiger partial charge in [0.25, 0.3) is 11.6 Å². The smallest absolute Gasteiger partial charge is 0.267 e. The van der Waals surface area contributed by atoms with Gasteiger partial charge < -0.3 is 0 Å². The minimum absolute atomic E-state index is 0.0631. The highest BCUT2D eigenvalue weighted by Crippen LogP contribution is 2.14. The summed E-state index contributed by atoms with van der Waals surface area (Å²) < 4.78 is 1.47. The Labute approximate surface area is 118 Å². The number of carbonyl (C=O) groups is 1. The second-order valence-corrected chi connectivity index (χ2v) is 4.59. The fraction of sp³-hybridized carbons (Fsp3) is 0.182. The summed E-state index contributed by atoms with van der Waals surface area (Å²) in [5, 5.41) is 18.9. The average Bonchev–Trinajstić information content (AvgIpc) is 2.79. The lowest BCUT2D eigenvalue weighted by molar-refractivity contribution is -0.384. The van der Waals surface area contributed by atoms with E-state index in [9.17, 15) is 14.9 Å². The van der Waals surface area contributed by atoms with E-state index in [0.29, 0.717) is 16.5 Å². The van der Waals surface area contributed by atoms with Crippen LogP contribution >= 0.6 is 11.8 Å². The molecule has 20 heavy (non-hydrogen) atoms. The molecule has 0 atom stereocenters. The van der Waals surface area contributed by atoms with E-state index in [2.05, 4.69) is 15.6 Å². The SMILES string of the molecule is CSc1nnc(C)n1NC(=O)c1ccc([N+](=O)[O-])cc1. The number of nitro benzene ring substituents is 1. The number of rotatable bonds is 4. The highest BCUT2D eigenvalue weighted by molar-refractivity contribution is 7.98. The van der Waals surface area contributed by atoms with Crippen LogP contribution in [-0.2, 0) is 0 Å². The van der Waals surface area contributed by atoms with E-state index in [0.717, 1.165) is 0 Å². The molecule has 1 N–H and O–H groups in total. The quantitative estimate of drug-likeness (QED) is 0.521. The number of nitro groups is 1. The Morgan fingerprint density at radius 3 is 2.55 bits per heavy atom. The van der Waals surface area contributed by atoms with Crippen molar-refractivity contribution in [3.63, 3.8) is 0 Å². The Kier molecular flexibility index (Phi) is 3.99. The number of thioether (sulfide) groups is 1. The summed E-state index contributed by atoms with van der Waals surface area (Å²) in [5.74, 6) is 0.155. The Morgan fingerprint density at radius 2 is 2.00 bits per heavy atom. The molecule has 0 aliphatic carbocycles. The lowest BCUT2D eigenvalue weighted by atomic mass is 10.2. The molecule has 0 bridgehead atoms. The van der Waals surface area contributed by atoms with Gasteiger partial charge in [0, 0.05) is 17.7 Å². The molecule has 0 aliphatic heterocycles. The number of carbonyl (C=O) groups excluding carboxylic acids is 1. The van der Waals surface area contributed by atoms with Crippen molar-refractivity contribution in [2.24, 2.45) is 0 Å². The zero-order valence-electron chi connectivity index (χ0n) is 10.7. The molecule has 1 amide bonds. The number of amides is 1. The van der Waals surface area contributed by atoms with Crippen LogP contribution in [0.25, 0.3) is 0 Å². The van der Waals surface area contributed by atoms with E-state index < -0.39 is 10.8 Å². The minimum atomic E-state index is -0.516. The minimum Gasteiger partial charge on any atom is -0.267 e. The van der Waals surface area contributed by atoms with Crippen LogP contribution < -0.4 is 5.43 Å². The molecule has 0 spiro atoms. The second-order valence-electron chi connectivity index (χ2n) is 3.81. The van der Waals surface area contributed by atoms with Crippen LogP contribution in [0, 0.1) is 17.0 Å². The average molecular weight is 293 g/mol. The molecule has 0 saturated heterocycles. The summed E-state index contributed by atoms with van der Waals surface area (Å²) in [7, 11) is 0. The summed E-state index contributed by atoms with van der Waals surface area (Å²) in [6.07, 6.45) is 1.82. The van der Waals surface area contributed by atoms with Gasteiger partial charge in [-0.25, -0.2) is 4.68 Å². The van der Waals surface area contributed by atoms with E-state index in [-0.39, 0.29) is 5.69 Å². The molecule has 2 aromatic rings. The first kappa shape index (κ1) is 14.0. The Morgan fingerprint density at radius 1 is 1.35 bits per heavy atom. The van der Waals surface area contributed by atoms with Crippen LogP contribution in [0.5, 0.6) is 0 Å². The highest BCUT2D eigenvalue weighted by Gasteiger charge is 2.13. The summed E-state index contributed by atoms with van der Waals surface area (Å²) >= 11 is 1.35. The van der Waals surface area contributed by atoms with Crippen LogP contribution in [-0.4, -0.2) is 32.0 Å². The fourth-order valence-corrected chi connectivity index (χ4v) is 1.99. The van der Waals surface area contributed by atoms with Crippen molar-refractivity contribution >= 4 is 23.4 Å². The molecule has 1 aromatic carbocycles. The van der Waals surface area contributed by atoms with Crippen molar-refractivity contribution in [3.05, 3.63) is 45.8 Å². The molecule has 8 nitrogen and oxygen atoms in total. The lowest BCUT2D eigenvalue weighted by Gasteiger charge is -2.08. The van der Waals surface area contributed by atoms with Crippen molar-refractivity contribution in [1.29, 1.82) is 0 Å². The van der Waals surface area contributed by atoms with Crippen LogP contribution in [0.2, 0.25) is 0 Å². The van der Waals surface area contributed by atoms with Crippen molar-refractivity contribution in [3.8, 4) is 0 Å². The van der Waals surface area contributed by atoms with Gasteiger partial charge in [-0.1, -0.05) is 11.8 Å². The van der Waals surface area contributed by atoms with E-state index in [1.165, 1.54) is 40.7 Å². The lowest BCUT2D eigenvalue weighted by Crippen LogP contribution is -2.24. The molecule has 9 heteroatoms. The van der Waals surface area contributed by atoms with Crippen molar-refractivity contribution < 1.29 is 9.72 Å². The van der Waals surface area contributed by atoms with Gasteiger partial charge in [-0.05, 0) is 25.3 Å². The van der Waals surface area contributed by atoms with E-state index in [1.807, 2.05) is 6.26 Å². The first-order valence-corrected chi connectivity index (χ1v) is 6.77. The Bertz CT molecular complexity index is 653. The van der Waals surface area contributed by atoms with Crippen molar-refractivity contribution in [2.45, 2.75) is 12.1 Å². The number of nitrogens with zero attached hydrogens (tertiary/aromatic N) is 4. The number of aromatic nitrogens is 3. The Balaban J connectivity index is 2.19. The summed E-state index contributed by atoms with van der Waals surface area (Å²) in [6.45, 7) is 1.71. The third kappa shape index (κ3) is 2.77. The van der Waals surface area contributed by atoms with Gasteiger partial charge >= 0.3 is 0 Å². The van der Waals surface area contributed by atoms with Gasteiger partial charge in [0.1, 0.15) is 5.82 Å². The van der Waals surface area contributed by atoms with Crippen LogP contribution in [0.1, 0.15) is 16.2 Å². The van der Waals surface area contributed by atoms with Gasteiger partial charge in [-0.2, -0.15) is 0 Å². The van der Waals surface area contributed by atoms with Crippen molar-refractivity contribution in [1.82, 2.24) is 14.9 Å². The van der Waals surface area contributed by atoms with Gasteiger partial charge in [0.2, 0.25) is 5.16 Å². The molecule has 104 valence electrons. The summed E-state index contributed by atoms with van der Waals surface area (Å²) in [4.78, 5) is 22.1. The molecule has 0 saturated carbocycles. The molecule has 0 radical (unpaired) electrons. The van der Waals surface area contributed by atoms with Gasteiger partial charge in [-0.15, -0.1) is 10.2 Å². The van der Waals surface area contributed by atoms with Gasteiger partial charge in [0.05, 0.1) is 4.92 Å². The number of non-ortho nitro benzene ring substituents is 1. The third-order valence-corrected chi connectivity index (χ3v) is 3.16. The van der Waals surface area contributed by atoms with Crippen LogP contribution in [0.4, 0.5) is 5.69 Å². The number of nitrogens with one attached hydrogen (secondary N) is 1. The maximum atomic E-state index is 12.0. The molecule has 1 aromatic heterocycles. The van der Waals surface area contributed by atoms with E-state index in [1.54, 1.807) is 6.92 Å². The monoisotopic (exact) mass is 293 g/mol. The first-order chi connectivity index (χ1) is 9.52. The normalized spacial score (nSPS) is 10.3. The third-order valence-electron chi connectivity index (χ3n) is 2.53. The van der Waals surface area contributed by atoms with E-state index >= 15 is 0 Å². The van der Waals surface area contributed by atoms with Crippen LogP contribution in [0.3, 0.4) is 0 Å². The summed E-state index contributed by atoms with van der Waals surface area (Å²) in [6, 6.07) is 5.35. The van der Waals surface area contributed by atoms with Crippen LogP contribution in [0.15, 0.2) is 29.4 Å². The topological polar surface area (TPSA) is 103 Å². The highest BCUT2D eigenvalue weighted by atomic mass is 32.2. The fourth-order valence-electron chi connectivity index (χ4n) is 1.50. The maximum absolute atomic E-state index is 12.0. The molecule has 0 unspecified atom stereocenters. The number of aryl methyl sites for hydroxylation is 1. The molecule has 0 aliphatic rings. The zero-order valence-corrected chi connectivity index (χ0v) is 11.5. The first-order valence-electron chi connectivity index (χ1n) is 5.54.